The topological polar surface area (TPSA) is 118 Å². The first-order chi connectivity index (χ1) is 27.6. The van der Waals surface area contributed by atoms with Crippen LogP contribution in [0, 0.1) is 46.8 Å². The van der Waals surface area contributed by atoms with Crippen LogP contribution in [-0.4, -0.2) is 71.8 Å². The molecule has 3 aliphatic heterocycles. The van der Waals surface area contributed by atoms with E-state index < -0.39 is 0 Å². The number of hydrogen-bond donors (Lipinski definition) is 1. The van der Waals surface area contributed by atoms with Crippen LogP contribution in [0.1, 0.15) is 112 Å². The first-order valence-corrected chi connectivity index (χ1v) is 22.0. The van der Waals surface area contributed by atoms with Crippen LogP contribution < -0.4 is 10.6 Å². The molecule has 4 unspecified atom stereocenters. The van der Waals surface area contributed by atoms with Gasteiger partial charge >= 0.3 is 12.2 Å². The van der Waals surface area contributed by atoms with Gasteiger partial charge in [0.1, 0.15) is 12.2 Å². The van der Waals surface area contributed by atoms with Gasteiger partial charge in [0, 0.05) is 50.2 Å². The van der Waals surface area contributed by atoms with Gasteiger partial charge in [0.05, 0.1) is 17.2 Å². The molecule has 8 bridgehead atoms. The quantitative estimate of drug-likeness (QED) is 0.324. The number of rotatable bonds is 5. The van der Waals surface area contributed by atoms with Crippen LogP contribution in [-0.2, 0) is 14.3 Å². The molecule has 3 amide bonds. The maximum atomic E-state index is 13.0. The van der Waals surface area contributed by atoms with Gasteiger partial charge < -0.3 is 25.0 Å². The minimum atomic E-state index is -0.344. The summed E-state index contributed by atoms with van der Waals surface area (Å²) in [5.41, 5.74) is 11.1. The van der Waals surface area contributed by atoms with E-state index in [1.165, 1.54) is 48.9 Å². The van der Waals surface area contributed by atoms with E-state index >= 15 is 0 Å². The molecular formula is C47H59N5O5. The fourth-order valence-corrected chi connectivity index (χ4v) is 13.7. The van der Waals surface area contributed by atoms with Crippen LogP contribution >= 0.6 is 0 Å². The lowest BCUT2D eigenvalue weighted by Crippen LogP contribution is -2.59. The Morgan fingerprint density at radius 1 is 0.807 bits per heavy atom. The van der Waals surface area contributed by atoms with Crippen molar-refractivity contribution in [1.82, 2.24) is 14.8 Å². The molecule has 13 rings (SSSR count). The average Bonchev–Trinajstić information content (AvgIpc) is 3.91. The Labute approximate surface area is 337 Å². The first kappa shape index (κ1) is 37.0. The summed E-state index contributed by atoms with van der Waals surface area (Å²) in [4.78, 5) is 48.5. The maximum absolute atomic E-state index is 13.0. The second kappa shape index (κ2) is 14.5. The van der Waals surface area contributed by atoms with Crippen molar-refractivity contribution in [3.8, 4) is 0 Å². The largest absolute Gasteiger partial charge is 0.446 e. The normalized spacial score (nSPS) is 37.9. The van der Waals surface area contributed by atoms with Gasteiger partial charge in [-0.15, -0.1) is 0 Å². The van der Waals surface area contributed by atoms with Crippen LogP contribution in [0.25, 0.3) is 6.08 Å². The fourth-order valence-electron chi connectivity index (χ4n) is 13.7. The number of fused-ring (bicyclic) bond motifs is 1. The number of pyridine rings is 1. The van der Waals surface area contributed by atoms with E-state index in [0.717, 1.165) is 94.2 Å². The molecule has 10 heteroatoms. The molecule has 4 heterocycles. The molecule has 8 aliphatic carbocycles. The molecule has 2 N–H and O–H groups in total. The highest BCUT2D eigenvalue weighted by atomic mass is 16.6. The molecular weight excluding hydrogens is 715 g/mol. The number of nitrogens with zero attached hydrogens (tertiary/aromatic N) is 4. The molecule has 57 heavy (non-hydrogen) atoms. The van der Waals surface area contributed by atoms with Crippen LogP contribution in [0.3, 0.4) is 0 Å². The summed E-state index contributed by atoms with van der Waals surface area (Å²) in [5, 5.41) is 0. The average molecular weight is 774 g/mol. The van der Waals surface area contributed by atoms with Crippen molar-refractivity contribution >= 4 is 29.9 Å². The van der Waals surface area contributed by atoms with Gasteiger partial charge in [-0.3, -0.25) is 14.7 Å². The Kier molecular flexibility index (Phi) is 9.40. The van der Waals surface area contributed by atoms with Crippen LogP contribution in [0.2, 0.25) is 0 Å². The molecule has 302 valence electrons. The van der Waals surface area contributed by atoms with Crippen LogP contribution in [0.5, 0.6) is 0 Å². The highest BCUT2D eigenvalue weighted by Crippen LogP contribution is 2.61. The van der Waals surface area contributed by atoms with Gasteiger partial charge in [-0.05, 0) is 166 Å². The van der Waals surface area contributed by atoms with Gasteiger partial charge in [0.25, 0.3) is 0 Å². The Balaban J connectivity index is 0.000000140. The number of carbonyl (C=O) groups excluding carboxylic acids is 3. The predicted molar refractivity (Wildman–Crippen MR) is 218 cm³/mol. The molecule has 8 saturated carbocycles. The number of likely N-dealkylation sites (N-methyl/N-ethyl adjacent to an activating group) is 1. The highest BCUT2D eigenvalue weighted by molar-refractivity contribution is 5.81. The number of allylic oxidation sites excluding steroid dienone is 1. The summed E-state index contributed by atoms with van der Waals surface area (Å²) in [6.07, 6.45) is 20.0. The maximum Gasteiger partial charge on any atom is 0.410 e. The zero-order valence-corrected chi connectivity index (χ0v) is 33.5. The predicted octanol–water partition coefficient (Wildman–Crippen LogP) is 8.45. The monoisotopic (exact) mass is 773 g/mol. The van der Waals surface area contributed by atoms with Crippen LogP contribution in [0.4, 0.5) is 15.3 Å². The third kappa shape index (κ3) is 6.72. The first-order valence-electron chi connectivity index (χ1n) is 22.0. The van der Waals surface area contributed by atoms with E-state index in [0.29, 0.717) is 23.7 Å². The van der Waals surface area contributed by atoms with Crippen molar-refractivity contribution in [2.75, 3.05) is 31.6 Å². The molecule has 2 aromatic rings. The zero-order valence-electron chi connectivity index (χ0n) is 33.5. The molecule has 10 fully saturated rings. The second-order valence-corrected chi connectivity index (χ2v) is 19.5. The summed E-state index contributed by atoms with van der Waals surface area (Å²) in [6.45, 7) is 6.38. The van der Waals surface area contributed by atoms with Gasteiger partial charge in [-0.2, -0.15) is 0 Å². The van der Waals surface area contributed by atoms with E-state index in [2.05, 4.69) is 53.9 Å². The number of benzene rings is 1. The molecule has 4 atom stereocenters. The number of aromatic nitrogens is 1. The molecule has 0 radical (unpaired) electrons. The number of carbonyl (C=O) groups is 3. The lowest BCUT2D eigenvalue weighted by atomic mass is 9.48. The number of likely N-dealkylation sites (tertiary alicyclic amines) is 2. The minimum Gasteiger partial charge on any atom is -0.446 e. The molecule has 10 nitrogen and oxygen atoms in total. The van der Waals surface area contributed by atoms with Crippen molar-refractivity contribution in [3.63, 3.8) is 0 Å². The minimum absolute atomic E-state index is 0.00694. The molecule has 1 aromatic heterocycles. The Morgan fingerprint density at radius 2 is 1.51 bits per heavy atom. The smallest absolute Gasteiger partial charge is 0.410 e. The molecule has 0 spiro atoms. The Bertz CT molecular complexity index is 1900. The summed E-state index contributed by atoms with van der Waals surface area (Å²) < 4.78 is 12.3. The number of anilines is 1. The number of hydrogen-bond acceptors (Lipinski definition) is 7. The van der Waals surface area contributed by atoms with Crippen molar-refractivity contribution in [3.05, 3.63) is 77.8 Å². The van der Waals surface area contributed by atoms with E-state index in [1.807, 2.05) is 28.0 Å². The summed E-state index contributed by atoms with van der Waals surface area (Å²) in [5.74, 6) is 4.45. The molecule has 11 aliphatic rings. The summed E-state index contributed by atoms with van der Waals surface area (Å²) >= 11 is 0. The number of ether oxygens (including phenoxy) is 2. The van der Waals surface area contributed by atoms with Gasteiger partial charge in [0.2, 0.25) is 5.91 Å². The number of amides is 3. The SMILES string of the molecule is C=C1C=Cc2cc(C3CCN(C(=O)OC4C5CC6CC(C5)CC4C6)C3)ccc2N1C.NC(=O)C12CC3CC(C1)C(OC(=O)N1CCCC1c1ccccn1)C(C3)C2. The summed E-state index contributed by atoms with van der Waals surface area (Å²) in [7, 11) is 2.06. The molecule has 2 saturated heterocycles. The Morgan fingerprint density at radius 3 is 2.21 bits per heavy atom. The van der Waals surface area contributed by atoms with E-state index in [4.69, 9.17) is 15.2 Å². The van der Waals surface area contributed by atoms with Gasteiger partial charge in [0.15, 0.2) is 0 Å². The van der Waals surface area contributed by atoms with Crippen molar-refractivity contribution in [2.24, 2.45) is 52.6 Å². The lowest BCUT2D eigenvalue weighted by molar-refractivity contribution is -0.161. The van der Waals surface area contributed by atoms with Gasteiger partial charge in [-0.25, -0.2) is 9.59 Å². The van der Waals surface area contributed by atoms with Gasteiger partial charge in [-0.1, -0.05) is 24.8 Å². The second-order valence-electron chi connectivity index (χ2n) is 19.5. The van der Waals surface area contributed by atoms with Crippen molar-refractivity contribution in [2.45, 2.75) is 108 Å². The third-order valence-corrected chi connectivity index (χ3v) is 16.1. The third-order valence-electron chi connectivity index (χ3n) is 16.1. The standard InChI is InChI=1S/C26H32N2O2.C21H27N3O3/c1-16-3-4-20-14-19(5-6-24(20)27(16)2)21-7-8-28(15-21)26(29)30-25-22-10-17-9-18(12-22)13-23(25)11-17;22-19(25)21-10-13-8-14(11-21)18(15(9-13)12-21)27-20(26)24-7-3-5-17(24)16-4-1-2-6-23-16/h3-6,14,17-18,21-23,25H,1,7-13,15H2,2H3;1-2,4,6,13-15,17-18H,3,5,7-12H2,(H2,22,25). The van der Waals surface area contributed by atoms with E-state index in [9.17, 15) is 14.4 Å². The fraction of sp³-hybridized carbons (Fsp3) is 0.617. The highest BCUT2D eigenvalue weighted by Gasteiger charge is 2.59. The van der Waals surface area contributed by atoms with E-state index in [1.54, 1.807) is 6.20 Å². The number of primary amides is 1. The molecule has 1 aromatic carbocycles. The number of nitrogens with two attached hydrogens (primary N) is 1. The lowest BCUT2D eigenvalue weighted by Gasteiger charge is -2.58. The van der Waals surface area contributed by atoms with Crippen LogP contribution in [0.15, 0.2) is 60.9 Å². The summed E-state index contributed by atoms with van der Waals surface area (Å²) in [6, 6.07) is 12.5. The van der Waals surface area contributed by atoms with Crippen molar-refractivity contribution < 1.29 is 23.9 Å². The Hall–Kier alpha value is -4.34. The zero-order chi connectivity index (χ0) is 39.0. The van der Waals surface area contributed by atoms with Crippen molar-refractivity contribution in [1.29, 1.82) is 0 Å². The van der Waals surface area contributed by atoms with E-state index in [-0.39, 0.29) is 53.6 Å².